The van der Waals surface area contributed by atoms with Gasteiger partial charge in [0, 0.05) is 12.2 Å². The topological polar surface area (TPSA) is 41.9 Å². The molecule has 0 aliphatic carbocycles. The monoisotopic (exact) mass is 374 g/mol. The maximum absolute atomic E-state index is 13.3. The Hall–Kier alpha value is -2.88. The number of aryl methyl sites for hydroxylation is 3. The largest absolute Gasteiger partial charge is 0.460 e. The number of anilines is 1. The van der Waals surface area contributed by atoms with E-state index in [1.54, 1.807) is 4.90 Å². The van der Waals surface area contributed by atoms with Crippen LogP contribution in [0.3, 0.4) is 0 Å². The normalized spacial score (nSPS) is 22.2. The van der Waals surface area contributed by atoms with Crippen LogP contribution in [0.2, 0.25) is 0 Å². The van der Waals surface area contributed by atoms with Gasteiger partial charge in [-0.05, 0) is 80.8 Å². The molecule has 0 bridgehead atoms. The molecule has 0 fully saturated rings. The minimum atomic E-state index is -0.769. The third kappa shape index (κ3) is 3.03. The van der Waals surface area contributed by atoms with E-state index in [2.05, 4.69) is 51.1 Å². The van der Waals surface area contributed by atoms with Gasteiger partial charge in [-0.25, -0.2) is 4.99 Å². The Labute approximate surface area is 165 Å². The average molecular weight is 374 g/mol. The summed E-state index contributed by atoms with van der Waals surface area (Å²) in [6.45, 7) is 10.7. The molecule has 4 rings (SSSR count). The standard InChI is InChI=1S/C24H26N2O2/c1-6-26(20-10-8-16(3)17(4)12-20)23(27)22-14-19-13-18-9-7-15(2)11-21(18)25-24(19,5)28-22/h7-14,19H,6H2,1-5H3. The quantitative estimate of drug-likeness (QED) is 0.827. The minimum Gasteiger partial charge on any atom is -0.460 e. The highest BCUT2D eigenvalue weighted by Crippen LogP contribution is 2.37. The van der Waals surface area contributed by atoms with E-state index in [9.17, 15) is 4.79 Å². The lowest BCUT2D eigenvalue weighted by molar-refractivity contribution is -0.120. The molecule has 0 N–H and O–H groups in total. The molecule has 4 heteroatoms. The fourth-order valence-corrected chi connectivity index (χ4v) is 3.85. The smallest absolute Gasteiger partial charge is 0.293 e. The molecule has 2 heterocycles. The second kappa shape index (κ2) is 6.62. The highest BCUT2D eigenvalue weighted by molar-refractivity contribution is 6.04. The number of hydrogen-bond donors (Lipinski definition) is 0. The maximum atomic E-state index is 13.3. The van der Waals surface area contributed by atoms with E-state index in [1.807, 2.05) is 32.1 Å². The van der Waals surface area contributed by atoms with Crippen molar-refractivity contribution in [2.45, 2.75) is 40.3 Å². The van der Waals surface area contributed by atoms with Gasteiger partial charge in [-0.2, -0.15) is 0 Å². The van der Waals surface area contributed by atoms with Crippen LogP contribution in [-0.4, -0.2) is 18.2 Å². The summed E-state index contributed by atoms with van der Waals surface area (Å²) >= 11 is 0. The number of carbonyl (C=O) groups is 1. The molecular formula is C24H26N2O2. The third-order valence-electron chi connectivity index (χ3n) is 5.73. The number of fused-ring (bicyclic) bond motifs is 2. The van der Waals surface area contributed by atoms with Crippen molar-refractivity contribution < 1.29 is 9.53 Å². The number of amides is 1. The summed E-state index contributed by atoms with van der Waals surface area (Å²) in [4.78, 5) is 19.9. The van der Waals surface area contributed by atoms with Gasteiger partial charge in [-0.15, -0.1) is 0 Å². The number of carbonyl (C=O) groups excluding carboxylic acids is 1. The van der Waals surface area contributed by atoms with Crippen molar-refractivity contribution in [2.75, 3.05) is 11.4 Å². The summed E-state index contributed by atoms with van der Waals surface area (Å²) in [5, 5.41) is 2.01. The first-order valence-corrected chi connectivity index (χ1v) is 9.79. The minimum absolute atomic E-state index is 0.0554. The van der Waals surface area contributed by atoms with Gasteiger partial charge in [0.05, 0.1) is 11.3 Å². The van der Waals surface area contributed by atoms with Crippen molar-refractivity contribution in [1.82, 2.24) is 0 Å². The van der Waals surface area contributed by atoms with E-state index < -0.39 is 5.72 Å². The predicted molar refractivity (Wildman–Crippen MR) is 111 cm³/mol. The van der Waals surface area contributed by atoms with Gasteiger partial charge < -0.3 is 9.64 Å². The van der Waals surface area contributed by atoms with Crippen LogP contribution in [0, 0.1) is 26.7 Å². The zero-order valence-corrected chi connectivity index (χ0v) is 17.1. The molecule has 2 aromatic carbocycles. The van der Waals surface area contributed by atoms with Crippen molar-refractivity contribution in [3.05, 3.63) is 75.5 Å². The number of rotatable bonds is 3. The molecule has 2 aliphatic rings. The van der Waals surface area contributed by atoms with Crippen LogP contribution in [0.25, 0.3) is 6.08 Å². The Morgan fingerprint density at radius 2 is 1.89 bits per heavy atom. The third-order valence-corrected chi connectivity index (χ3v) is 5.73. The average Bonchev–Trinajstić information content (AvgIpc) is 2.99. The molecule has 0 saturated carbocycles. The summed E-state index contributed by atoms with van der Waals surface area (Å²) in [5.74, 6) is 0.197. The lowest BCUT2D eigenvalue weighted by atomic mass is 9.94. The fourth-order valence-electron chi connectivity index (χ4n) is 3.85. The summed E-state index contributed by atoms with van der Waals surface area (Å²) in [6, 6.07) is 12.3. The van der Waals surface area contributed by atoms with Gasteiger partial charge in [0.2, 0.25) is 5.72 Å². The Morgan fingerprint density at radius 3 is 2.61 bits per heavy atom. The molecular weight excluding hydrogens is 348 g/mol. The Bertz CT molecular complexity index is 1120. The highest BCUT2D eigenvalue weighted by Gasteiger charge is 2.43. The van der Waals surface area contributed by atoms with Crippen LogP contribution < -0.4 is 15.5 Å². The van der Waals surface area contributed by atoms with Gasteiger partial charge in [0.25, 0.3) is 5.91 Å². The van der Waals surface area contributed by atoms with Gasteiger partial charge >= 0.3 is 0 Å². The second-order valence-electron chi connectivity index (χ2n) is 7.87. The van der Waals surface area contributed by atoms with Crippen LogP contribution >= 0.6 is 0 Å². The lowest BCUT2D eigenvalue weighted by Crippen LogP contribution is -2.42. The molecule has 28 heavy (non-hydrogen) atoms. The molecule has 0 aromatic heterocycles. The van der Waals surface area contributed by atoms with E-state index in [1.165, 1.54) is 11.1 Å². The summed E-state index contributed by atoms with van der Waals surface area (Å²) in [7, 11) is 0. The second-order valence-corrected chi connectivity index (χ2v) is 7.87. The van der Waals surface area contributed by atoms with Crippen LogP contribution in [0.1, 0.15) is 30.5 Å². The number of likely N-dealkylation sites (N-methyl/N-ethyl adjacent to an activating group) is 1. The molecule has 2 aromatic rings. The van der Waals surface area contributed by atoms with Crippen LogP contribution in [0.4, 0.5) is 5.69 Å². The first kappa shape index (κ1) is 18.5. The summed E-state index contributed by atoms with van der Waals surface area (Å²) in [6.07, 6.45) is 4.06. The Kier molecular flexibility index (Phi) is 4.37. The SMILES string of the molecule is CCN(C(=O)C1=CC2C=c3ccc(C)cc3=NC2(C)O1)c1ccc(C)c(C)c1. The summed E-state index contributed by atoms with van der Waals surface area (Å²) < 4.78 is 6.14. The first-order chi connectivity index (χ1) is 13.3. The van der Waals surface area contributed by atoms with Crippen molar-refractivity contribution in [3.8, 4) is 0 Å². The number of hydrogen-bond acceptors (Lipinski definition) is 3. The molecule has 1 amide bonds. The van der Waals surface area contributed by atoms with Crippen LogP contribution in [-0.2, 0) is 9.53 Å². The highest BCUT2D eigenvalue weighted by atomic mass is 16.5. The van der Waals surface area contributed by atoms with Gasteiger partial charge in [-0.3, -0.25) is 4.79 Å². The van der Waals surface area contributed by atoms with Gasteiger partial charge in [-0.1, -0.05) is 24.3 Å². The first-order valence-electron chi connectivity index (χ1n) is 9.79. The van der Waals surface area contributed by atoms with Gasteiger partial charge in [0.15, 0.2) is 5.76 Å². The Morgan fingerprint density at radius 1 is 1.11 bits per heavy atom. The van der Waals surface area contributed by atoms with Crippen LogP contribution in [0.15, 0.2) is 53.2 Å². The maximum Gasteiger partial charge on any atom is 0.293 e. The zero-order valence-electron chi connectivity index (χ0n) is 17.1. The van der Waals surface area contributed by atoms with E-state index in [0.29, 0.717) is 12.3 Å². The zero-order chi connectivity index (χ0) is 20.1. The van der Waals surface area contributed by atoms with E-state index in [-0.39, 0.29) is 11.8 Å². The predicted octanol–water partition coefficient (Wildman–Crippen LogP) is 3.33. The van der Waals surface area contributed by atoms with Crippen molar-refractivity contribution in [1.29, 1.82) is 0 Å². The molecule has 144 valence electrons. The lowest BCUT2D eigenvalue weighted by Gasteiger charge is -2.28. The molecule has 2 atom stereocenters. The van der Waals surface area contributed by atoms with Crippen molar-refractivity contribution in [2.24, 2.45) is 10.9 Å². The van der Waals surface area contributed by atoms with E-state index >= 15 is 0 Å². The van der Waals surface area contributed by atoms with Crippen LogP contribution in [0.5, 0.6) is 0 Å². The van der Waals surface area contributed by atoms with E-state index in [0.717, 1.165) is 21.8 Å². The molecule has 2 aliphatic heterocycles. The Balaban J connectivity index is 1.67. The van der Waals surface area contributed by atoms with Crippen molar-refractivity contribution >= 4 is 17.7 Å². The number of ether oxygens (including phenoxy) is 1. The van der Waals surface area contributed by atoms with E-state index in [4.69, 9.17) is 9.73 Å². The molecule has 0 radical (unpaired) electrons. The fraction of sp³-hybridized carbons (Fsp3) is 0.333. The van der Waals surface area contributed by atoms with Gasteiger partial charge in [0.1, 0.15) is 0 Å². The van der Waals surface area contributed by atoms with Crippen molar-refractivity contribution in [3.63, 3.8) is 0 Å². The molecule has 2 unspecified atom stereocenters. The molecule has 0 spiro atoms. The number of benzene rings is 2. The molecule has 0 saturated heterocycles. The number of nitrogens with zero attached hydrogens (tertiary/aromatic N) is 2. The summed E-state index contributed by atoms with van der Waals surface area (Å²) in [5.41, 5.74) is 3.66. The molecule has 4 nitrogen and oxygen atoms in total.